The highest BCUT2D eigenvalue weighted by molar-refractivity contribution is 9.10. The molecule has 2 rings (SSSR count). The van der Waals surface area contributed by atoms with Crippen molar-refractivity contribution in [3.8, 4) is 0 Å². The van der Waals surface area contributed by atoms with Crippen molar-refractivity contribution in [3.05, 3.63) is 58.2 Å². The lowest BCUT2D eigenvalue weighted by Crippen LogP contribution is -2.28. The fraction of sp³-hybridized carbons (Fsp3) is 0.143. The van der Waals surface area contributed by atoms with Crippen molar-refractivity contribution in [2.24, 2.45) is 0 Å². The zero-order valence-corrected chi connectivity index (χ0v) is 12.1. The summed E-state index contributed by atoms with van der Waals surface area (Å²) in [5.41, 5.74) is 2.09. The van der Waals surface area contributed by atoms with Gasteiger partial charge in [-0.15, -0.1) is 0 Å². The van der Waals surface area contributed by atoms with Gasteiger partial charge in [0.25, 0.3) is 0 Å². The Kier molecular flexibility index (Phi) is 4.52. The van der Waals surface area contributed by atoms with E-state index in [9.17, 15) is 4.79 Å². The van der Waals surface area contributed by atoms with Crippen LogP contribution in [-0.4, -0.2) is 11.0 Å². The van der Waals surface area contributed by atoms with E-state index in [4.69, 9.17) is 0 Å². The Morgan fingerprint density at radius 1 is 1.26 bits per heavy atom. The minimum atomic E-state index is -0.263. The molecule has 0 unspecified atom stereocenters. The summed E-state index contributed by atoms with van der Waals surface area (Å²) in [7, 11) is 0. The van der Waals surface area contributed by atoms with Crippen LogP contribution in [0.15, 0.2) is 47.1 Å². The first-order chi connectivity index (χ1) is 9.13. The molecule has 0 fully saturated rings. The van der Waals surface area contributed by atoms with Crippen molar-refractivity contribution in [2.75, 3.05) is 5.32 Å². The summed E-state index contributed by atoms with van der Waals surface area (Å²) in [4.78, 5) is 15.8. The van der Waals surface area contributed by atoms with Crippen LogP contribution in [0.5, 0.6) is 0 Å². The second kappa shape index (κ2) is 6.33. The summed E-state index contributed by atoms with van der Waals surface area (Å²) in [6, 6.07) is 11.2. The van der Waals surface area contributed by atoms with Gasteiger partial charge in [0.1, 0.15) is 5.82 Å². The quantitative estimate of drug-likeness (QED) is 0.910. The number of aryl methyl sites for hydroxylation is 1. The van der Waals surface area contributed by atoms with Crippen LogP contribution < -0.4 is 10.6 Å². The fourth-order valence-electron chi connectivity index (χ4n) is 1.55. The van der Waals surface area contributed by atoms with E-state index >= 15 is 0 Å². The van der Waals surface area contributed by atoms with Gasteiger partial charge in [0.2, 0.25) is 0 Å². The van der Waals surface area contributed by atoms with Crippen molar-refractivity contribution < 1.29 is 4.79 Å². The summed E-state index contributed by atoms with van der Waals surface area (Å²) < 4.78 is 1.02. The number of anilines is 1. The number of carbonyl (C=O) groups is 1. The first-order valence-corrected chi connectivity index (χ1v) is 6.65. The Labute approximate surface area is 120 Å². The number of nitrogens with zero attached hydrogens (tertiary/aromatic N) is 1. The number of hydrogen-bond donors (Lipinski definition) is 2. The van der Waals surface area contributed by atoms with Crippen LogP contribution in [0.25, 0.3) is 0 Å². The maximum atomic E-state index is 11.7. The van der Waals surface area contributed by atoms with Crippen LogP contribution >= 0.6 is 15.9 Å². The minimum absolute atomic E-state index is 0.263. The van der Waals surface area contributed by atoms with E-state index in [2.05, 4.69) is 31.5 Å². The van der Waals surface area contributed by atoms with Crippen LogP contribution in [0.1, 0.15) is 11.1 Å². The Hall–Kier alpha value is -1.88. The van der Waals surface area contributed by atoms with Crippen molar-refractivity contribution in [1.82, 2.24) is 10.3 Å². The van der Waals surface area contributed by atoms with E-state index in [0.717, 1.165) is 15.6 Å². The van der Waals surface area contributed by atoms with E-state index in [1.54, 1.807) is 6.20 Å². The Morgan fingerprint density at radius 3 is 2.68 bits per heavy atom. The van der Waals surface area contributed by atoms with E-state index in [0.29, 0.717) is 12.4 Å². The predicted octanol–water partition coefficient (Wildman–Crippen LogP) is 3.47. The molecule has 2 aromatic rings. The molecule has 0 saturated carbocycles. The average molecular weight is 320 g/mol. The highest BCUT2D eigenvalue weighted by atomic mass is 79.9. The van der Waals surface area contributed by atoms with Gasteiger partial charge < -0.3 is 5.32 Å². The van der Waals surface area contributed by atoms with Crippen LogP contribution in [0.3, 0.4) is 0 Å². The predicted molar refractivity (Wildman–Crippen MR) is 79.0 cm³/mol. The number of urea groups is 1. The molecule has 4 nitrogen and oxygen atoms in total. The number of pyridine rings is 1. The van der Waals surface area contributed by atoms with Crippen molar-refractivity contribution >= 4 is 27.8 Å². The fourth-order valence-corrected chi connectivity index (χ4v) is 1.81. The van der Waals surface area contributed by atoms with E-state index < -0.39 is 0 Å². The zero-order chi connectivity index (χ0) is 13.7. The van der Waals surface area contributed by atoms with Gasteiger partial charge in [0.15, 0.2) is 0 Å². The Balaban J connectivity index is 1.86. The van der Waals surface area contributed by atoms with Gasteiger partial charge in [-0.3, -0.25) is 5.32 Å². The van der Waals surface area contributed by atoms with Crippen molar-refractivity contribution in [1.29, 1.82) is 0 Å². The zero-order valence-electron chi connectivity index (χ0n) is 10.5. The van der Waals surface area contributed by atoms with Crippen molar-refractivity contribution in [2.45, 2.75) is 13.5 Å². The lowest BCUT2D eigenvalue weighted by Gasteiger charge is -2.07. The van der Waals surface area contributed by atoms with Gasteiger partial charge in [-0.05, 0) is 42.3 Å². The molecule has 1 aromatic heterocycles. The molecule has 0 radical (unpaired) electrons. The summed E-state index contributed by atoms with van der Waals surface area (Å²) >= 11 is 3.37. The first-order valence-electron chi connectivity index (χ1n) is 5.85. The highest BCUT2D eigenvalue weighted by Crippen LogP contribution is 2.10. The molecule has 98 valence electrons. The third-order valence-electron chi connectivity index (χ3n) is 2.52. The Bertz CT molecular complexity index is 569. The summed E-state index contributed by atoms with van der Waals surface area (Å²) in [5.74, 6) is 0.549. The van der Waals surface area contributed by atoms with Crippen LogP contribution in [-0.2, 0) is 6.54 Å². The standard InChI is InChI=1S/C14H14BrN3O/c1-10-6-7-16-13(8-10)18-14(19)17-9-11-2-4-12(15)5-3-11/h2-8H,9H2,1H3,(H2,16,17,18,19). The maximum absolute atomic E-state index is 11.7. The third kappa shape index (κ3) is 4.37. The third-order valence-corrected chi connectivity index (χ3v) is 3.05. The highest BCUT2D eigenvalue weighted by Gasteiger charge is 2.02. The number of halogens is 1. The van der Waals surface area contributed by atoms with Gasteiger partial charge >= 0.3 is 6.03 Å². The first kappa shape index (κ1) is 13.5. The molecule has 2 N–H and O–H groups in total. The smallest absolute Gasteiger partial charge is 0.320 e. The van der Waals surface area contributed by atoms with E-state index in [1.165, 1.54) is 0 Å². The molecular weight excluding hydrogens is 306 g/mol. The van der Waals surface area contributed by atoms with Gasteiger partial charge in [-0.25, -0.2) is 9.78 Å². The van der Waals surface area contributed by atoms with E-state index in [-0.39, 0.29) is 6.03 Å². The van der Waals surface area contributed by atoms with Crippen LogP contribution in [0, 0.1) is 6.92 Å². The van der Waals surface area contributed by atoms with Gasteiger partial charge in [-0.2, -0.15) is 0 Å². The lowest BCUT2D eigenvalue weighted by molar-refractivity contribution is 0.251. The molecule has 1 heterocycles. The average Bonchev–Trinajstić information content (AvgIpc) is 2.38. The number of amides is 2. The molecule has 19 heavy (non-hydrogen) atoms. The molecule has 2 amide bonds. The number of benzene rings is 1. The molecule has 1 aromatic carbocycles. The minimum Gasteiger partial charge on any atom is -0.334 e. The maximum Gasteiger partial charge on any atom is 0.320 e. The number of nitrogens with one attached hydrogen (secondary N) is 2. The number of hydrogen-bond acceptors (Lipinski definition) is 2. The van der Waals surface area contributed by atoms with Crippen LogP contribution in [0.4, 0.5) is 10.6 Å². The van der Waals surface area contributed by atoms with Crippen molar-refractivity contribution in [3.63, 3.8) is 0 Å². The molecule has 0 aliphatic heterocycles. The van der Waals surface area contributed by atoms with Gasteiger partial charge in [0, 0.05) is 17.2 Å². The molecule has 0 aliphatic carbocycles. The molecule has 0 aliphatic rings. The lowest BCUT2D eigenvalue weighted by atomic mass is 10.2. The molecule has 0 spiro atoms. The number of carbonyl (C=O) groups excluding carboxylic acids is 1. The topological polar surface area (TPSA) is 54.0 Å². The van der Waals surface area contributed by atoms with E-state index in [1.807, 2.05) is 43.3 Å². The second-order valence-electron chi connectivity index (χ2n) is 4.15. The van der Waals surface area contributed by atoms with Crippen LogP contribution in [0.2, 0.25) is 0 Å². The largest absolute Gasteiger partial charge is 0.334 e. The molecule has 0 bridgehead atoms. The molecule has 0 atom stereocenters. The normalized spacial score (nSPS) is 10.0. The summed E-state index contributed by atoms with van der Waals surface area (Å²) in [6.07, 6.45) is 1.67. The van der Waals surface area contributed by atoms with Gasteiger partial charge in [-0.1, -0.05) is 28.1 Å². The SMILES string of the molecule is Cc1ccnc(NC(=O)NCc2ccc(Br)cc2)c1. The van der Waals surface area contributed by atoms with Gasteiger partial charge in [0.05, 0.1) is 0 Å². The molecular formula is C14H14BrN3O. The summed E-state index contributed by atoms with van der Waals surface area (Å²) in [6.45, 7) is 2.43. The second-order valence-corrected chi connectivity index (χ2v) is 5.07. The summed E-state index contributed by atoms with van der Waals surface area (Å²) in [5, 5.41) is 5.47. The molecule has 5 heteroatoms. The monoisotopic (exact) mass is 319 g/mol. The number of aromatic nitrogens is 1. The molecule has 0 saturated heterocycles. The Morgan fingerprint density at radius 2 is 2.00 bits per heavy atom. The number of rotatable bonds is 3.